The number of amides is 2. The molecule has 0 aliphatic carbocycles. The van der Waals surface area contributed by atoms with Crippen molar-refractivity contribution < 1.29 is 19.1 Å². The van der Waals surface area contributed by atoms with Gasteiger partial charge >= 0.3 is 6.09 Å². The molecular weight excluding hydrogens is 590 g/mol. The molecule has 188 valence electrons. The zero-order valence-electron chi connectivity index (χ0n) is 20.5. The number of ether oxygens (including phenoxy) is 2. The first-order valence-electron chi connectivity index (χ1n) is 11.5. The average molecular weight is 617 g/mol. The normalized spacial score (nSPS) is 13.3. The number of anilines is 1. The van der Waals surface area contributed by atoms with Crippen LogP contribution < -0.4 is 10.1 Å². The minimum atomic E-state index is -0.595. The lowest BCUT2D eigenvalue weighted by Crippen LogP contribution is -2.37. The van der Waals surface area contributed by atoms with E-state index in [4.69, 9.17) is 9.47 Å². The van der Waals surface area contributed by atoms with Gasteiger partial charge in [0, 0.05) is 21.3 Å². The Morgan fingerprint density at radius 3 is 2.47 bits per heavy atom. The van der Waals surface area contributed by atoms with Crippen LogP contribution in [0.2, 0.25) is 0 Å². The second kappa shape index (κ2) is 10.6. The highest BCUT2D eigenvalue weighted by Gasteiger charge is 2.26. The molecule has 9 heteroatoms. The summed E-state index contributed by atoms with van der Waals surface area (Å²) in [6.45, 7) is 8.35. The molecule has 36 heavy (non-hydrogen) atoms. The Kier molecular flexibility index (Phi) is 7.70. The Bertz CT molecular complexity index is 1300. The standard InChI is InChI=1S/C27H27Br2N3O4/c1-16-21(9-10-23(30-16)17-5-7-19(28)8-6-17)25(33)31-20-13-18-15-32(26(34)36-27(2,3)4)11-12-35-24(18)22(29)14-20/h5-10,13-14H,11-12,15H2,1-4H3,(H,31,33). The largest absolute Gasteiger partial charge is 0.490 e. The first kappa shape index (κ1) is 26.2. The number of hydrogen-bond acceptors (Lipinski definition) is 5. The van der Waals surface area contributed by atoms with E-state index in [2.05, 4.69) is 42.2 Å². The van der Waals surface area contributed by atoms with Crippen LogP contribution in [0.4, 0.5) is 10.5 Å². The maximum atomic E-state index is 13.1. The first-order chi connectivity index (χ1) is 17.0. The van der Waals surface area contributed by atoms with Crippen LogP contribution in [0.1, 0.15) is 42.4 Å². The van der Waals surface area contributed by atoms with Gasteiger partial charge in [-0.15, -0.1) is 0 Å². The number of halogens is 2. The smallest absolute Gasteiger partial charge is 0.410 e. The number of hydrogen-bond donors (Lipinski definition) is 1. The Labute approximate surface area is 227 Å². The molecule has 0 saturated heterocycles. The van der Waals surface area contributed by atoms with Crippen molar-refractivity contribution in [2.24, 2.45) is 0 Å². The lowest BCUT2D eigenvalue weighted by molar-refractivity contribution is 0.0225. The highest BCUT2D eigenvalue weighted by Crippen LogP contribution is 2.35. The number of aromatic nitrogens is 1. The van der Waals surface area contributed by atoms with Crippen LogP contribution in [0.15, 0.2) is 57.5 Å². The highest BCUT2D eigenvalue weighted by atomic mass is 79.9. The van der Waals surface area contributed by atoms with E-state index in [0.29, 0.717) is 46.9 Å². The van der Waals surface area contributed by atoms with E-state index in [1.165, 1.54) is 0 Å². The van der Waals surface area contributed by atoms with Crippen LogP contribution in [0.3, 0.4) is 0 Å². The van der Waals surface area contributed by atoms with Crippen LogP contribution in [0.25, 0.3) is 11.3 Å². The molecule has 4 rings (SSSR count). The minimum absolute atomic E-state index is 0.271. The predicted molar refractivity (Wildman–Crippen MR) is 146 cm³/mol. The number of carbonyl (C=O) groups excluding carboxylic acids is 2. The van der Waals surface area contributed by atoms with Crippen LogP contribution in [0, 0.1) is 6.92 Å². The third-order valence-electron chi connectivity index (χ3n) is 5.47. The SMILES string of the molecule is Cc1nc(-c2ccc(Br)cc2)ccc1C(=O)Nc1cc(Br)c2c(c1)CN(C(=O)OC(C)(C)C)CCO2. The molecule has 1 aromatic heterocycles. The Balaban J connectivity index is 1.54. The number of fused-ring (bicyclic) bond motifs is 1. The summed E-state index contributed by atoms with van der Waals surface area (Å²) in [4.78, 5) is 32.0. The third-order valence-corrected chi connectivity index (χ3v) is 6.59. The first-order valence-corrected chi connectivity index (χ1v) is 13.1. The molecule has 1 N–H and O–H groups in total. The Morgan fingerprint density at radius 2 is 1.81 bits per heavy atom. The van der Waals surface area contributed by atoms with Crippen LogP contribution >= 0.6 is 31.9 Å². The van der Waals surface area contributed by atoms with Crippen LogP contribution in [0.5, 0.6) is 5.75 Å². The highest BCUT2D eigenvalue weighted by molar-refractivity contribution is 9.10. The Morgan fingerprint density at radius 1 is 1.08 bits per heavy atom. The van der Waals surface area contributed by atoms with Gasteiger partial charge in [-0.2, -0.15) is 0 Å². The fourth-order valence-corrected chi connectivity index (χ4v) is 4.69. The minimum Gasteiger partial charge on any atom is -0.490 e. The molecular formula is C27H27Br2N3O4. The molecule has 0 fully saturated rings. The molecule has 0 radical (unpaired) electrons. The summed E-state index contributed by atoms with van der Waals surface area (Å²) in [5.41, 5.74) is 3.62. The van der Waals surface area contributed by atoms with Crippen molar-refractivity contribution in [1.82, 2.24) is 9.88 Å². The van der Waals surface area contributed by atoms with Gasteiger partial charge in [-0.25, -0.2) is 4.79 Å². The molecule has 1 aliphatic rings. The summed E-state index contributed by atoms with van der Waals surface area (Å²) in [5.74, 6) is 0.378. The van der Waals surface area contributed by atoms with E-state index < -0.39 is 11.7 Å². The quantitative estimate of drug-likeness (QED) is 0.344. The molecule has 0 bridgehead atoms. The number of benzene rings is 2. The second-order valence-electron chi connectivity index (χ2n) is 9.49. The molecule has 1 aliphatic heterocycles. The van der Waals surface area contributed by atoms with Crippen molar-refractivity contribution in [3.8, 4) is 17.0 Å². The molecule has 3 aromatic rings. The summed E-state index contributed by atoms with van der Waals surface area (Å²) in [5, 5.41) is 2.95. The molecule has 0 saturated carbocycles. The molecule has 2 amide bonds. The van der Waals surface area contributed by atoms with Crippen molar-refractivity contribution in [3.63, 3.8) is 0 Å². The number of nitrogens with one attached hydrogen (secondary N) is 1. The number of carbonyl (C=O) groups is 2. The zero-order valence-corrected chi connectivity index (χ0v) is 23.7. The van der Waals surface area contributed by atoms with Crippen molar-refractivity contribution in [1.29, 1.82) is 0 Å². The van der Waals surface area contributed by atoms with Gasteiger partial charge in [0.25, 0.3) is 5.91 Å². The third kappa shape index (κ3) is 6.25. The fourth-order valence-electron chi connectivity index (χ4n) is 3.81. The van der Waals surface area contributed by atoms with E-state index in [1.54, 1.807) is 17.0 Å². The molecule has 7 nitrogen and oxygen atoms in total. The topological polar surface area (TPSA) is 80.8 Å². The maximum Gasteiger partial charge on any atom is 0.410 e. The van der Waals surface area contributed by atoms with E-state index in [9.17, 15) is 9.59 Å². The molecule has 0 atom stereocenters. The predicted octanol–water partition coefficient (Wildman–Crippen LogP) is 6.96. The fraction of sp³-hybridized carbons (Fsp3) is 0.296. The summed E-state index contributed by atoms with van der Waals surface area (Å²) < 4.78 is 13.1. The second-order valence-corrected chi connectivity index (χ2v) is 11.3. The lowest BCUT2D eigenvalue weighted by Gasteiger charge is -2.26. The van der Waals surface area contributed by atoms with Crippen molar-refractivity contribution in [3.05, 3.63) is 74.3 Å². The number of nitrogens with zero attached hydrogens (tertiary/aromatic N) is 2. The van der Waals surface area contributed by atoms with Gasteiger partial charge < -0.3 is 19.7 Å². The van der Waals surface area contributed by atoms with Gasteiger partial charge in [-0.05, 0) is 80.0 Å². The van der Waals surface area contributed by atoms with Crippen LogP contribution in [-0.2, 0) is 11.3 Å². The van der Waals surface area contributed by atoms with Gasteiger partial charge in [0.15, 0.2) is 0 Å². The average Bonchev–Trinajstić information content (AvgIpc) is 3.01. The maximum absolute atomic E-state index is 13.1. The van der Waals surface area contributed by atoms with Gasteiger partial charge in [0.2, 0.25) is 0 Å². The van der Waals surface area contributed by atoms with Gasteiger partial charge in [0.1, 0.15) is 18.0 Å². The van der Waals surface area contributed by atoms with Crippen molar-refractivity contribution in [2.45, 2.75) is 39.8 Å². The van der Waals surface area contributed by atoms with Crippen molar-refractivity contribution in [2.75, 3.05) is 18.5 Å². The summed E-state index contributed by atoms with van der Waals surface area (Å²) >= 11 is 6.99. The molecule has 2 heterocycles. The van der Waals surface area contributed by atoms with Gasteiger partial charge in [-0.3, -0.25) is 9.78 Å². The van der Waals surface area contributed by atoms with Gasteiger partial charge in [-0.1, -0.05) is 28.1 Å². The zero-order chi connectivity index (χ0) is 26.0. The molecule has 2 aromatic carbocycles. The van der Waals surface area contributed by atoms with Crippen LogP contribution in [-0.4, -0.2) is 40.6 Å². The van der Waals surface area contributed by atoms with Gasteiger partial charge in [0.05, 0.1) is 34.5 Å². The number of aryl methyl sites for hydroxylation is 1. The summed E-state index contributed by atoms with van der Waals surface area (Å²) in [6.07, 6.45) is -0.405. The van der Waals surface area contributed by atoms with Crippen molar-refractivity contribution >= 4 is 49.5 Å². The summed E-state index contributed by atoms with van der Waals surface area (Å²) in [6, 6.07) is 15.1. The number of pyridine rings is 1. The monoisotopic (exact) mass is 615 g/mol. The van der Waals surface area contributed by atoms with E-state index in [0.717, 1.165) is 21.3 Å². The van der Waals surface area contributed by atoms with E-state index in [1.807, 2.05) is 64.1 Å². The number of rotatable bonds is 3. The summed E-state index contributed by atoms with van der Waals surface area (Å²) in [7, 11) is 0. The van der Waals surface area contributed by atoms with E-state index in [-0.39, 0.29) is 5.91 Å². The van der Waals surface area contributed by atoms with E-state index >= 15 is 0 Å². The lowest BCUT2D eigenvalue weighted by atomic mass is 10.1. The molecule has 0 unspecified atom stereocenters. The molecule has 0 spiro atoms. The Hall–Kier alpha value is -2.91.